The fourth-order valence-corrected chi connectivity index (χ4v) is 11.2. The zero-order valence-electron chi connectivity index (χ0n) is 56.9. The van der Waals surface area contributed by atoms with Crippen molar-refractivity contribution in [2.24, 2.45) is 10.9 Å². The van der Waals surface area contributed by atoms with Crippen LogP contribution in [0.4, 0.5) is 21.9 Å². The largest absolute Gasteiger partial charge is 0.493 e. The molecule has 4 aliphatic heterocycles. The van der Waals surface area contributed by atoms with Crippen LogP contribution in [0.1, 0.15) is 92.1 Å². The van der Waals surface area contributed by atoms with Gasteiger partial charge in [-0.1, -0.05) is 105 Å². The van der Waals surface area contributed by atoms with Crippen LogP contribution in [0, 0.1) is 5.92 Å². The third-order valence-electron chi connectivity index (χ3n) is 16.2. The van der Waals surface area contributed by atoms with Crippen molar-refractivity contribution < 1.29 is 76.5 Å². The van der Waals surface area contributed by atoms with E-state index >= 15 is 0 Å². The number of allylic oxidation sites excluding steroid dienone is 4. The molecule has 4 heterocycles. The molecule has 4 aromatic rings. The molecule has 5 N–H and O–H groups in total. The van der Waals surface area contributed by atoms with Gasteiger partial charge in [0.05, 0.1) is 121 Å². The van der Waals surface area contributed by atoms with E-state index in [0.717, 1.165) is 21.6 Å². The number of aliphatic hydroxyl groups is 1. The van der Waals surface area contributed by atoms with Gasteiger partial charge in [0.2, 0.25) is 17.7 Å². The normalized spacial score (nSPS) is 16.8. The summed E-state index contributed by atoms with van der Waals surface area (Å²) in [7, 11) is 2.93. The summed E-state index contributed by atoms with van der Waals surface area (Å²) in [6.45, 7) is 13.4. The highest BCUT2D eigenvalue weighted by Crippen LogP contribution is 2.43. The van der Waals surface area contributed by atoms with Crippen molar-refractivity contribution in [3.8, 4) is 23.0 Å². The summed E-state index contributed by atoms with van der Waals surface area (Å²) in [5.41, 5.74) is 4.64. The van der Waals surface area contributed by atoms with Crippen LogP contribution in [0.2, 0.25) is 0 Å². The molecule has 24 heteroatoms. The van der Waals surface area contributed by atoms with Crippen LogP contribution >= 0.6 is 0 Å². The Morgan fingerprint density at radius 1 is 0.633 bits per heavy atom. The fourth-order valence-electron chi connectivity index (χ4n) is 11.2. The molecule has 0 bridgehead atoms. The first-order valence-corrected chi connectivity index (χ1v) is 33.2. The minimum absolute atomic E-state index is 0.0377. The molecular formula is C74H92N8O16. The number of nitrogens with zero attached hydrogens (tertiary/aromatic N) is 4. The number of hydrogen-bond donors (Lipinski definition) is 5. The predicted octanol–water partition coefficient (Wildman–Crippen LogP) is 9.09. The molecule has 0 unspecified atom stereocenters. The van der Waals surface area contributed by atoms with E-state index in [9.17, 15) is 33.9 Å². The molecule has 0 saturated heterocycles. The van der Waals surface area contributed by atoms with Crippen molar-refractivity contribution in [3.63, 3.8) is 0 Å². The number of benzene rings is 3. The van der Waals surface area contributed by atoms with E-state index in [1.54, 1.807) is 60.6 Å². The van der Waals surface area contributed by atoms with E-state index in [1.165, 1.54) is 31.3 Å². The Kier molecular flexibility index (Phi) is 29.2. The van der Waals surface area contributed by atoms with Crippen LogP contribution in [0.25, 0.3) is 0 Å². The van der Waals surface area contributed by atoms with Crippen LogP contribution in [0.15, 0.2) is 156 Å². The molecule has 0 radical (unpaired) electrons. The second-order valence-corrected chi connectivity index (χ2v) is 23.8. The Hall–Kier alpha value is -9.43. The molecule has 0 aliphatic carbocycles. The van der Waals surface area contributed by atoms with Crippen LogP contribution in [-0.2, 0) is 51.1 Å². The Bertz CT molecular complexity index is 3570. The first-order valence-electron chi connectivity index (χ1n) is 33.2. The van der Waals surface area contributed by atoms with E-state index in [2.05, 4.69) is 26.3 Å². The standard InChI is InChI=1S/C74H92N8O16/c1-8-19-54-39-57-46-77-60-44-65(63(90-6)42-58(60)71(86)80(57)47-54)96-30-18-31-97-66-45-61-59(43-64(66)91-7)72(87)81-48-55(20-9-2)40-62(81)73(88)82(61)74(89)98-49-53-23-25-56(26-24-53)79-69(84)51(5)78-70(85)68(50(3)4)76-27-17-29-92-33-35-94-37-38-95-36-34-93-32-28-75-67(83)41-52-21-15-13-11-10-12-14-16-22-52/h8-16,19-26,42-48,50-51,57,62,68,73,76,88H,17-18,27-41,49H2,1-7H3,(H,75,83)(H,78,85)(H,79,84)/b11-10?,12-10?,13-11?,14-12?,15-13?,16-14?,19-8+,20-9+,21-15?,22-16?,52-21?,52-22?/t51-,57-,62-,68-,73-/m0/s1. The van der Waals surface area contributed by atoms with Crippen molar-refractivity contribution in [1.29, 1.82) is 0 Å². The molecule has 24 nitrogen and oxygen atoms in total. The maximum absolute atomic E-state index is 14.4. The van der Waals surface area contributed by atoms with Crippen LogP contribution in [0.3, 0.4) is 0 Å². The number of aliphatic hydroxyl groups excluding tert-OH is 1. The van der Waals surface area contributed by atoms with E-state index in [1.807, 2.05) is 113 Å². The van der Waals surface area contributed by atoms with E-state index in [-0.39, 0.29) is 85.1 Å². The summed E-state index contributed by atoms with van der Waals surface area (Å²) >= 11 is 0. The molecule has 8 rings (SSSR count). The molecule has 524 valence electrons. The highest BCUT2D eigenvalue weighted by Gasteiger charge is 2.45. The van der Waals surface area contributed by atoms with Gasteiger partial charge in [0, 0.05) is 56.0 Å². The topological polar surface area (TPSA) is 276 Å². The first-order chi connectivity index (χ1) is 47.6. The number of methoxy groups -OCH3 is 2. The predicted molar refractivity (Wildman–Crippen MR) is 371 cm³/mol. The van der Waals surface area contributed by atoms with Gasteiger partial charge in [-0.15, -0.1) is 0 Å². The number of carbonyl (C=O) groups excluding carboxylic acids is 6. The molecule has 6 amide bonds. The molecule has 4 aliphatic rings. The molecular weight excluding hydrogens is 1260 g/mol. The van der Waals surface area contributed by atoms with E-state index in [4.69, 9.17) is 42.6 Å². The summed E-state index contributed by atoms with van der Waals surface area (Å²) in [6, 6.07) is 27.6. The molecule has 4 aromatic carbocycles. The molecule has 98 heavy (non-hydrogen) atoms. The summed E-state index contributed by atoms with van der Waals surface area (Å²) in [5.74, 6) is -0.460. The highest BCUT2D eigenvalue weighted by atomic mass is 16.6. The lowest BCUT2D eigenvalue weighted by atomic mass is 10.0. The van der Waals surface area contributed by atoms with Crippen LogP contribution in [-0.4, -0.2) is 181 Å². The van der Waals surface area contributed by atoms with Crippen molar-refractivity contribution in [2.75, 3.05) is 104 Å². The maximum Gasteiger partial charge on any atom is 0.416 e. The number of nitrogens with one attached hydrogen (secondary N) is 4. The van der Waals surface area contributed by atoms with E-state index in [0.29, 0.717) is 119 Å². The Balaban J connectivity index is 0.744. The Labute approximate surface area is 573 Å². The lowest BCUT2D eigenvalue weighted by Crippen LogP contribution is -2.52. The SMILES string of the molecule is C/C=C/C1=CN2C(=O)c3cc(OC)c(OCCCOc4cc5c(cc4OC)C(=O)N4C=C(/C=C/C)C[C@H]4[C@H](O)N5C(=O)OCc4ccc(NC(=O)[C@H](C)NC(=O)[C@@H](NCCCOCCOCCOCCOCCNC(=O)Cc5ccccccccc5)C(C)C)cc4)cc3N=C[C@@H]2C1. The average molecular weight is 1350 g/mol. The number of ether oxygens (including phenoxy) is 9. The fraction of sp³-hybridized carbons (Fsp3) is 0.419. The third-order valence-corrected chi connectivity index (χ3v) is 16.2. The van der Waals surface area contributed by atoms with Gasteiger partial charge in [0.15, 0.2) is 29.2 Å². The number of carbonyl (C=O) groups is 6. The molecule has 0 spiro atoms. The summed E-state index contributed by atoms with van der Waals surface area (Å²) in [5, 5.41) is 23.9. The van der Waals surface area contributed by atoms with Gasteiger partial charge < -0.3 is 78.8 Å². The smallest absolute Gasteiger partial charge is 0.416 e. The zero-order valence-corrected chi connectivity index (χ0v) is 56.9. The second kappa shape index (κ2) is 38.5. The minimum atomic E-state index is -1.56. The molecule has 0 fully saturated rings. The number of amides is 6. The van der Waals surface area contributed by atoms with Gasteiger partial charge in [0.1, 0.15) is 12.6 Å². The zero-order chi connectivity index (χ0) is 69.8. The maximum atomic E-state index is 14.4. The van der Waals surface area contributed by atoms with Gasteiger partial charge in [0.25, 0.3) is 11.8 Å². The monoisotopic (exact) mass is 1350 g/mol. The Morgan fingerprint density at radius 3 is 1.85 bits per heavy atom. The quantitative estimate of drug-likeness (QED) is 0.0266. The van der Waals surface area contributed by atoms with Gasteiger partial charge in [-0.05, 0) is 99.0 Å². The van der Waals surface area contributed by atoms with Crippen molar-refractivity contribution in [2.45, 2.75) is 104 Å². The number of aliphatic imine (C=N–C) groups is 1. The van der Waals surface area contributed by atoms with Crippen LogP contribution in [0.5, 0.6) is 23.0 Å². The third kappa shape index (κ3) is 21.3. The number of anilines is 2. The van der Waals surface area contributed by atoms with Crippen molar-refractivity contribution in [3.05, 3.63) is 173 Å². The van der Waals surface area contributed by atoms with Gasteiger partial charge >= 0.3 is 6.09 Å². The molecule has 5 atom stereocenters. The van der Waals surface area contributed by atoms with E-state index < -0.39 is 42.3 Å². The average Bonchev–Trinajstić information content (AvgIpc) is 1.59. The summed E-state index contributed by atoms with van der Waals surface area (Å²) < 4.78 is 52.1. The minimum Gasteiger partial charge on any atom is -0.493 e. The van der Waals surface area contributed by atoms with Crippen molar-refractivity contribution in [1.82, 2.24) is 25.8 Å². The van der Waals surface area contributed by atoms with Gasteiger partial charge in [-0.2, -0.15) is 0 Å². The Morgan fingerprint density at radius 2 is 1.21 bits per heavy atom. The number of fused-ring (bicyclic) bond motifs is 4. The van der Waals surface area contributed by atoms with Gasteiger partial charge in [-0.25, -0.2) is 9.69 Å². The van der Waals surface area contributed by atoms with Crippen LogP contribution < -0.4 is 45.1 Å². The highest BCUT2D eigenvalue weighted by molar-refractivity contribution is 6.07. The summed E-state index contributed by atoms with van der Waals surface area (Å²) in [6.07, 6.45) is 12.5. The van der Waals surface area contributed by atoms with Crippen molar-refractivity contribution >= 4 is 58.9 Å². The van der Waals surface area contributed by atoms with Gasteiger partial charge in [-0.3, -0.25) is 29.0 Å². The second-order valence-electron chi connectivity index (χ2n) is 23.8. The number of rotatable bonds is 36. The molecule has 0 saturated carbocycles. The number of hydrogen-bond acceptors (Lipinski definition) is 18. The first kappa shape index (κ1) is 74.4. The molecule has 0 aromatic heterocycles. The lowest BCUT2D eigenvalue weighted by Gasteiger charge is -2.31. The summed E-state index contributed by atoms with van der Waals surface area (Å²) in [4.78, 5) is 90.5. The lowest BCUT2D eigenvalue weighted by molar-refractivity contribution is -0.128.